The molecule has 0 spiro atoms. The van der Waals surface area contributed by atoms with Gasteiger partial charge in [0.1, 0.15) is 0 Å². The minimum Gasteiger partial charge on any atom is -0.398 e. The van der Waals surface area contributed by atoms with Gasteiger partial charge >= 0.3 is 0 Å². The highest BCUT2D eigenvalue weighted by atomic mass is 79.9. The number of hydrogen-bond donors (Lipinski definition) is 2. The Hall–Kier alpha value is -1.07. The van der Waals surface area contributed by atoms with Crippen molar-refractivity contribution in [3.8, 4) is 0 Å². The normalized spacial score (nSPS) is 29.6. The molecule has 4 nitrogen and oxygen atoms in total. The van der Waals surface area contributed by atoms with Gasteiger partial charge in [0.2, 0.25) is 0 Å². The topological polar surface area (TPSA) is 66.6 Å². The fourth-order valence-corrected chi connectivity index (χ4v) is 3.67. The molecule has 2 unspecified atom stereocenters. The van der Waals surface area contributed by atoms with E-state index in [0.717, 1.165) is 17.3 Å². The van der Waals surface area contributed by atoms with Crippen molar-refractivity contribution < 1.29 is 9.90 Å². The van der Waals surface area contributed by atoms with Crippen LogP contribution in [0.1, 0.15) is 36.0 Å². The molecule has 2 saturated heterocycles. The molecule has 3 N–H and O–H groups in total. The summed E-state index contributed by atoms with van der Waals surface area (Å²) in [6.07, 6.45) is 3.17. The third kappa shape index (κ3) is 2.25. The van der Waals surface area contributed by atoms with Gasteiger partial charge in [-0.25, -0.2) is 0 Å². The summed E-state index contributed by atoms with van der Waals surface area (Å²) in [6.45, 7) is 0. The quantitative estimate of drug-likeness (QED) is 0.778. The van der Waals surface area contributed by atoms with Crippen LogP contribution in [0.25, 0.3) is 0 Å². The summed E-state index contributed by atoms with van der Waals surface area (Å²) in [7, 11) is 0. The lowest BCUT2D eigenvalue weighted by atomic mass is 9.98. The van der Waals surface area contributed by atoms with Crippen LogP contribution in [0.15, 0.2) is 22.7 Å². The Balaban J connectivity index is 1.86. The Labute approximate surface area is 120 Å². The van der Waals surface area contributed by atoms with Crippen molar-refractivity contribution >= 4 is 27.5 Å². The van der Waals surface area contributed by atoms with Crippen LogP contribution < -0.4 is 5.73 Å². The second kappa shape index (κ2) is 4.80. The van der Waals surface area contributed by atoms with Crippen molar-refractivity contribution in [1.82, 2.24) is 4.90 Å². The average molecular weight is 325 g/mol. The Morgan fingerprint density at radius 1 is 1.32 bits per heavy atom. The predicted octanol–water partition coefficient (Wildman–Crippen LogP) is 2.16. The molecule has 2 aliphatic heterocycles. The summed E-state index contributed by atoms with van der Waals surface area (Å²) in [4.78, 5) is 14.6. The Kier molecular flexibility index (Phi) is 3.27. The van der Waals surface area contributed by atoms with E-state index in [1.54, 1.807) is 18.2 Å². The van der Waals surface area contributed by atoms with E-state index < -0.39 is 0 Å². The summed E-state index contributed by atoms with van der Waals surface area (Å²) in [5, 5.41) is 9.78. The Bertz CT molecular complexity index is 506. The van der Waals surface area contributed by atoms with Crippen LogP contribution in [0, 0.1) is 0 Å². The van der Waals surface area contributed by atoms with Crippen LogP contribution in [-0.2, 0) is 0 Å². The van der Waals surface area contributed by atoms with E-state index in [1.165, 1.54) is 0 Å². The van der Waals surface area contributed by atoms with E-state index in [2.05, 4.69) is 15.9 Å². The number of fused-ring (bicyclic) bond motifs is 2. The lowest BCUT2D eigenvalue weighted by molar-refractivity contribution is 0.0287. The van der Waals surface area contributed by atoms with Gasteiger partial charge in [-0.15, -0.1) is 0 Å². The standard InChI is InChI=1S/C14H17BrN2O2/c15-12-5-8(1-4-13(12)16)14(19)17-9-2-3-10(17)7-11(18)6-9/h1,4-5,9-11,18H,2-3,6-7,16H2. The first-order valence-electron chi connectivity index (χ1n) is 6.62. The van der Waals surface area contributed by atoms with Gasteiger partial charge in [-0.05, 0) is 59.8 Å². The van der Waals surface area contributed by atoms with E-state index in [4.69, 9.17) is 5.73 Å². The third-order valence-electron chi connectivity index (χ3n) is 4.19. The van der Waals surface area contributed by atoms with E-state index in [1.807, 2.05) is 4.90 Å². The van der Waals surface area contributed by atoms with Crippen molar-refractivity contribution in [2.45, 2.75) is 43.9 Å². The van der Waals surface area contributed by atoms with Gasteiger partial charge < -0.3 is 15.7 Å². The minimum atomic E-state index is -0.250. The van der Waals surface area contributed by atoms with E-state index in [-0.39, 0.29) is 24.1 Å². The van der Waals surface area contributed by atoms with Crippen LogP contribution in [0.3, 0.4) is 0 Å². The summed E-state index contributed by atoms with van der Waals surface area (Å²) < 4.78 is 0.753. The number of aliphatic hydroxyl groups excluding tert-OH is 1. The Morgan fingerprint density at radius 2 is 1.95 bits per heavy atom. The average Bonchev–Trinajstić information content (AvgIpc) is 2.64. The molecule has 2 fully saturated rings. The zero-order chi connectivity index (χ0) is 13.6. The van der Waals surface area contributed by atoms with E-state index in [9.17, 15) is 9.90 Å². The highest BCUT2D eigenvalue weighted by molar-refractivity contribution is 9.10. The number of nitrogens with zero attached hydrogens (tertiary/aromatic N) is 1. The zero-order valence-electron chi connectivity index (χ0n) is 10.6. The number of amides is 1. The first-order valence-corrected chi connectivity index (χ1v) is 7.41. The first-order chi connectivity index (χ1) is 9.06. The first kappa shape index (κ1) is 12.9. The molecule has 2 bridgehead atoms. The number of nitrogens with two attached hydrogens (primary N) is 1. The molecule has 5 heteroatoms. The van der Waals surface area contributed by atoms with E-state index in [0.29, 0.717) is 24.1 Å². The molecule has 0 aliphatic carbocycles. The summed E-state index contributed by atoms with van der Waals surface area (Å²) >= 11 is 3.36. The molecular formula is C14H17BrN2O2. The van der Waals surface area contributed by atoms with Crippen LogP contribution in [0.4, 0.5) is 5.69 Å². The van der Waals surface area contributed by atoms with Crippen LogP contribution in [0.5, 0.6) is 0 Å². The SMILES string of the molecule is Nc1ccc(C(=O)N2C3CCC2CC(O)C3)cc1Br. The number of aliphatic hydroxyl groups is 1. The number of carbonyl (C=O) groups is 1. The maximum atomic E-state index is 12.6. The van der Waals surface area contributed by atoms with Gasteiger partial charge in [0, 0.05) is 27.8 Å². The molecule has 2 atom stereocenters. The fourth-order valence-electron chi connectivity index (χ4n) is 3.29. The monoisotopic (exact) mass is 324 g/mol. The molecule has 3 rings (SSSR count). The molecule has 1 aromatic carbocycles. The minimum absolute atomic E-state index is 0.0556. The zero-order valence-corrected chi connectivity index (χ0v) is 12.1. The van der Waals surface area contributed by atoms with E-state index >= 15 is 0 Å². The van der Waals surface area contributed by atoms with Crippen molar-refractivity contribution in [1.29, 1.82) is 0 Å². The maximum absolute atomic E-state index is 12.6. The number of carbonyl (C=O) groups excluding carboxylic acids is 1. The largest absolute Gasteiger partial charge is 0.398 e. The van der Waals surface area contributed by atoms with Crippen molar-refractivity contribution in [3.63, 3.8) is 0 Å². The second-order valence-corrected chi connectivity index (χ2v) is 6.31. The molecule has 0 aromatic heterocycles. The predicted molar refractivity (Wildman–Crippen MR) is 76.8 cm³/mol. The lowest BCUT2D eigenvalue weighted by Crippen LogP contribution is -2.48. The van der Waals surface area contributed by atoms with Crippen molar-refractivity contribution in [3.05, 3.63) is 28.2 Å². The van der Waals surface area contributed by atoms with Gasteiger partial charge in [-0.3, -0.25) is 4.79 Å². The number of rotatable bonds is 1. The highest BCUT2D eigenvalue weighted by Gasteiger charge is 2.42. The maximum Gasteiger partial charge on any atom is 0.254 e. The molecule has 19 heavy (non-hydrogen) atoms. The highest BCUT2D eigenvalue weighted by Crippen LogP contribution is 2.37. The van der Waals surface area contributed by atoms with Crippen molar-refractivity contribution in [2.75, 3.05) is 5.73 Å². The van der Waals surface area contributed by atoms with Gasteiger partial charge in [-0.2, -0.15) is 0 Å². The third-order valence-corrected chi connectivity index (χ3v) is 4.88. The number of nitrogen functional groups attached to an aromatic ring is 1. The molecule has 1 amide bonds. The van der Waals surface area contributed by atoms with Gasteiger partial charge in [0.05, 0.1) is 6.10 Å². The smallest absolute Gasteiger partial charge is 0.254 e. The number of hydrogen-bond acceptors (Lipinski definition) is 3. The van der Waals surface area contributed by atoms with Crippen molar-refractivity contribution in [2.24, 2.45) is 0 Å². The second-order valence-electron chi connectivity index (χ2n) is 5.46. The van der Waals surface area contributed by atoms with Crippen LogP contribution in [-0.4, -0.2) is 34.1 Å². The summed E-state index contributed by atoms with van der Waals surface area (Å²) in [5.41, 5.74) is 7.04. The van der Waals surface area contributed by atoms with Gasteiger partial charge in [0.25, 0.3) is 5.91 Å². The van der Waals surface area contributed by atoms with Crippen LogP contribution >= 0.6 is 15.9 Å². The molecular weight excluding hydrogens is 308 g/mol. The summed E-state index contributed by atoms with van der Waals surface area (Å²) in [6, 6.07) is 5.68. The molecule has 1 aromatic rings. The lowest BCUT2D eigenvalue weighted by Gasteiger charge is -2.37. The Morgan fingerprint density at radius 3 is 2.53 bits per heavy atom. The number of benzene rings is 1. The number of anilines is 1. The summed E-state index contributed by atoms with van der Waals surface area (Å²) in [5.74, 6) is 0.0556. The fraction of sp³-hybridized carbons (Fsp3) is 0.500. The molecule has 0 radical (unpaired) electrons. The van der Waals surface area contributed by atoms with Gasteiger partial charge in [-0.1, -0.05) is 0 Å². The van der Waals surface area contributed by atoms with Gasteiger partial charge in [0.15, 0.2) is 0 Å². The molecule has 2 heterocycles. The molecule has 2 aliphatic rings. The number of piperidine rings is 1. The van der Waals surface area contributed by atoms with Crippen LogP contribution in [0.2, 0.25) is 0 Å². The molecule has 102 valence electrons. The molecule has 0 saturated carbocycles. The number of halogens is 1.